The van der Waals surface area contributed by atoms with E-state index >= 15 is 0 Å². The van der Waals surface area contributed by atoms with E-state index in [9.17, 15) is 0 Å². The molecular formula is C21H30N4. The Morgan fingerprint density at radius 2 is 1.96 bits per heavy atom. The number of pyridine rings is 2. The van der Waals surface area contributed by atoms with Crippen LogP contribution in [-0.4, -0.2) is 22.6 Å². The Balaban J connectivity index is 1.67. The van der Waals surface area contributed by atoms with Crippen LogP contribution in [-0.2, 0) is 17.5 Å². The van der Waals surface area contributed by atoms with Crippen molar-refractivity contribution in [3.05, 3.63) is 59.7 Å². The second-order valence-electron chi connectivity index (χ2n) is 7.75. The van der Waals surface area contributed by atoms with Gasteiger partial charge in [0, 0.05) is 18.4 Å². The van der Waals surface area contributed by atoms with E-state index in [0.29, 0.717) is 6.04 Å². The molecule has 1 saturated carbocycles. The summed E-state index contributed by atoms with van der Waals surface area (Å²) < 4.78 is 0. The lowest BCUT2D eigenvalue weighted by Crippen LogP contribution is -2.39. The zero-order valence-electron chi connectivity index (χ0n) is 15.8. The lowest BCUT2D eigenvalue weighted by Gasteiger charge is -2.26. The van der Waals surface area contributed by atoms with Crippen molar-refractivity contribution in [2.45, 2.75) is 64.1 Å². The van der Waals surface area contributed by atoms with E-state index in [4.69, 9.17) is 0 Å². The maximum atomic E-state index is 4.58. The molecule has 134 valence electrons. The summed E-state index contributed by atoms with van der Waals surface area (Å²) in [5.74, 6) is 0. The van der Waals surface area contributed by atoms with Crippen molar-refractivity contribution in [3.63, 3.8) is 0 Å². The quantitative estimate of drug-likeness (QED) is 0.773. The fourth-order valence-corrected chi connectivity index (χ4v) is 3.60. The van der Waals surface area contributed by atoms with Crippen LogP contribution in [0.25, 0.3) is 0 Å². The van der Waals surface area contributed by atoms with Crippen molar-refractivity contribution in [1.82, 2.24) is 20.6 Å². The van der Waals surface area contributed by atoms with Crippen LogP contribution in [0.3, 0.4) is 0 Å². The molecule has 4 nitrogen and oxygen atoms in total. The number of hydrogen-bond acceptors (Lipinski definition) is 4. The predicted molar refractivity (Wildman–Crippen MR) is 102 cm³/mol. The second kappa shape index (κ2) is 7.22. The van der Waals surface area contributed by atoms with Crippen LogP contribution in [0.2, 0.25) is 0 Å². The van der Waals surface area contributed by atoms with Crippen LogP contribution in [0, 0.1) is 0 Å². The Morgan fingerprint density at radius 3 is 2.60 bits per heavy atom. The second-order valence-corrected chi connectivity index (χ2v) is 7.75. The van der Waals surface area contributed by atoms with Crippen molar-refractivity contribution in [3.8, 4) is 0 Å². The lowest BCUT2D eigenvalue weighted by atomic mass is 9.96. The molecule has 0 radical (unpaired) electrons. The van der Waals surface area contributed by atoms with E-state index in [2.05, 4.69) is 72.6 Å². The van der Waals surface area contributed by atoms with E-state index in [1.54, 1.807) is 0 Å². The minimum absolute atomic E-state index is 0.0829. The first-order valence-corrected chi connectivity index (χ1v) is 9.35. The van der Waals surface area contributed by atoms with Crippen molar-refractivity contribution < 1.29 is 0 Å². The fourth-order valence-electron chi connectivity index (χ4n) is 3.60. The molecule has 1 aliphatic rings. The Kier molecular flexibility index (Phi) is 5.21. The topological polar surface area (TPSA) is 49.8 Å². The summed E-state index contributed by atoms with van der Waals surface area (Å²) in [6, 6.07) is 10.9. The van der Waals surface area contributed by atoms with Crippen LogP contribution in [0.1, 0.15) is 57.5 Å². The van der Waals surface area contributed by atoms with Crippen molar-refractivity contribution in [2.75, 3.05) is 6.54 Å². The fraction of sp³-hybridized carbons (Fsp3) is 0.524. The van der Waals surface area contributed by atoms with Crippen molar-refractivity contribution in [2.24, 2.45) is 0 Å². The maximum Gasteiger partial charge on any atom is 0.0612 e. The van der Waals surface area contributed by atoms with E-state index in [-0.39, 0.29) is 11.1 Å². The summed E-state index contributed by atoms with van der Waals surface area (Å²) in [5, 5.41) is 7.32. The van der Waals surface area contributed by atoms with Crippen LogP contribution in [0.5, 0.6) is 0 Å². The van der Waals surface area contributed by atoms with Gasteiger partial charge < -0.3 is 10.6 Å². The molecule has 0 saturated heterocycles. The van der Waals surface area contributed by atoms with E-state index < -0.39 is 0 Å². The monoisotopic (exact) mass is 338 g/mol. The molecule has 0 aliphatic heterocycles. The zero-order valence-corrected chi connectivity index (χ0v) is 15.8. The Bertz CT molecular complexity index is 692. The van der Waals surface area contributed by atoms with Gasteiger partial charge in [-0.2, -0.15) is 0 Å². The largest absolute Gasteiger partial charge is 0.307 e. The number of rotatable bonds is 8. The van der Waals surface area contributed by atoms with E-state index in [1.165, 1.54) is 24.1 Å². The molecule has 4 heteroatoms. The molecule has 2 aromatic heterocycles. The van der Waals surface area contributed by atoms with Crippen LogP contribution in [0.15, 0.2) is 42.7 Å². The summed E-state index contributed by atoms with van der Waals surface area (Å²) in [6.07, 6.45) is 7.15. The first kappa shape index (κ1) is 18.0. The molecular weight excluding hydrogens is 308 g/mol. The number of aromatic nitrogens is 2. The molecule has 3 rings (SSSR count). The summed E-state index contributed by atoms with van der Waals surface area (Å²) in [5.41, 5.74) is 3.58. The Hall–Kier alpha value is -1.78. The molecule has 1 unspecified atom stereocenters. The molecule has 1 aliphatic carbocycles. The van der Waals surface area contributed by atoms with E-state index in [0.717, 1.165) is 18.7 Å². The van der Waals surface area contributed by atoms with Gasteiger partial charge in [0.05, 0.1) is 22.5 Å². The number of nitrogens with zero attached hydrogens (tertiary/aromatic N) is 2. The third-order valence-corrected chi connectivity index (χ3v) is 5.05. The van der Waals surface area contributed by atoms with Gasteiger partial charge in [0.1, 0.15) is 0 Å². The van der Waals surface area contributed by atoms with Crippen LogP contribution >= 0.6 is 0 Å². The minimum atomic E-state index is -0.104. The first-order valence-electron chi connectivity index (χ1n) is 9.35. The molecule has 2 aromatic rings. The maximum absolute atomic E-state index is 4.58. The van der Waals surface area contributed by atoms with Gasteiger partial charge in [-0.25, -0.2) is 0 Å². The Labute approximate surface area is 151 Å². The minimum Gasteiger partial charge on any atom is -0.307 e. The SMILES string of the molecule is CCNC(C)(C)c1cc(CC(C)NC2(c3ccccn3)CC2)ccn1. The third-order valence-electron chi connectivity index (χ3n) is 5.05. The normalized spacial score (nSPS) is 17.3. The number of hydrogen-bond donors (Lipinski definition) is 2. The highest BCUT2D eigenvalue weighted by molar-refractivity contribution is 5.25. The Morgan fingerprint density at radius 1 is 1.16 bits per heavy atom. The van der Waals surface area contributed by atoms with Crippen LogP contribution < -0.4 is 10.6 Å². The summed E-state index contributed by atoms with van der Waals surface area (Å²) in [7, 11) is 0. The molecule has 1 atom stereocenters. The van der Waals surface area contributed by atoms with Gasteiger partial charge in [0.15, 0.2) is 0 Å². The van der Waals surface area contributed by atoms with Gasteiger partial charge in [-0.3, -0.25) is 9.97 Å². The van der Waals surface area contributed by atoms with Crippen molar-refractivity contribution in [1.29, 1.82) is 0 Å². The molecule has 2 N–H and O–H groups in total. The summed E-state index contributed by atoms with van der Waals surface area (Å²) >= 11 is 0. The smallest absolute Gasteiger partial charge is 0.0612 e. The van der Waals surface area contributed by atoms with Gasteiger partial charge in [0.2, 0.25) is 0 Å². The van der Waals surface area contributed by atoms with Gasteiger partial charge in [-0.15, -0.1) is 0 Å². The summed E-state index contributed by atoms with van der Waals surface area (Å²) in [6.45, 7) is 9.70. The average molecular weight is 338 g/mol. The van der Waals surface area contributed by atoms with Gasteiger partial charge in [-0.1, -0.05) is 13.0 Å². The lowest BCUT2D eigenvalue weighted by molar-refractivity contribution is 0.402. The molecule has 25 heavy (non-hydrogen) atoms. The molecule has 0 amide bonds. The summed E-state index contributed by atoms with van der Waals surface area (Å²) in [4.78, 5) is 9.14. The van der Waals surface area contributed by atoms with Gasteiger partial charge >= 0.3 is 0 Å². The highest BCUT2D eigenvalue weighted by atomic mass is 15.1. The molecule has 0 bridgehead atoms. The van der Waals surface area contributed by atoms with Gasteiger partial charge in [0.25, 0.3) is 0 Å². The third kappa shape index (κ3) is 4.25. The highest BCUT2D eigenvalue weighted by Gasteiger charge is 2.46. The molecule has 0 spiro atoms. The molecule has 1 fully saturated rings. The van der Waals surface area contributed by atoms with E-state index in [1.807, 2.05) is 18.5 Å². The standard InChI is InChI=1S/C21H30N4/c1-5-24-20(3,4)19-15-17(9-13-23-19)14-16(2)25-21(10-11-21)18-8-6-7-12-22-18/h6-9,12-13,15-16,24-25H,5,10-11,14H2,1-4H3. The average Bonchev–Trinajstić information content (AvgIpc) is 3.36. The predicted octanol–water partition coefficient (Wildman–Crippen LogP) is 3.53. The first-order chi connectivity index (χ1) is 12.0. The van der Waals surface area contributed by atoms with Crippen molar-refractivity contribution >= 4 is 0 Å². The van der Waals surface area contributed by atoms with Crippen LogP contribution in [0.4, 0.5) is 0 Å². The zero-order chi connectivity index (χ0) is 17.9. The highest BCUT2D eigenvalue weighted by Crippen LogP contribution is 2.44. The molecule has 0 aromatic carbocycles. The molecule has 2 heterocycles. The van der Waals surface area contributed by atoms with Gasteiger partial charge in [-0.05, 0) is 76.4 Å². The number of nitrogens with one attached hydrogen (secondary N) is 2.